The molecule has 0 aliphatic rings. The summed E-state index contributed by atoms with van der Waals surface area (Å²) >= 11 is 0. The Kier molecular flexibility index (Phi) is 6.01. The predicted octanol–water partition coefficient (Wildman–Crippen LogP) is 4.31. The quantitative estimate of drug-likeness (QED) is 0.286. The van der Waals surface area contributed by atoms with Crippen LogP contribution in [-0.4, -0.2) is 10.8 Å². The maximum Gasteiger partial charge on any atom is 0.276 e. The SMILES string of the molecule is Cc1cccc(NC(=O)/C(C#N)=C/C=C/c2ccccc2[N+](=O)[O-])c1C. The molecule has 6 heteroatoms. The lowest BCUT2D eigenvalue weighted by atomic mass is 10.1. The molecule has 0 aliphatic carbocycles. The Bertz CT molecular complexity index is 953. The summed E-state index contributed by atoms with van der Waals surface area (Å²) in [5, 5.41) is 22.9. The molecular weight excluding hydrogens is 330 g/mol. The average molecular weight is 347 g/mol. The zero-order valence-corrected chi connectivity index (χ0v) is 14.4. The molecule has 2 aromatic carbocycles. The van der Waals surface area contributed by atoms with Crippen LogP contribution in [0, 0.1) is 35.3 Å². The van der Waals surface area contributed by atoms with E-state index in [9.17, 15) is 20.2 Å². The van der Waals surface area contributed by atoms with Crippen molar-refractivity contribution in [1.29, 1.82) is 5.26 Å². The number of nitro groups is 1. The first-order valence-corrected chi connectivity index (χ1v) is 7.83. The molecule has 0 saturated heterocycles. The number of anilines is 1. The highest BCUT2D eigenvalue weighted by atomic mass is 16.6. The highest BCUT2D eigenvalue weighted by molar-refractivity contribution is 6.07. The summed E-state index contributed by atoms with van der Waals surface area (Å²) in [7, 11) is 0. The van der Waals surface area contributed by atoms with Crippen LogP contribution in [0.4, 0.5) is 11.4 Å². The van der Waals surface area contributed by atoms with Gasteiger partial charge in [0.05, 0.1) is 10.5 Å². The molecule has 0 heterocycles. The first-order valence-electron chi connectivity index (χ1n) is 7.83. The van der Waals surface area contributed by atoms with Gasteiger partial charge in [-0.3, -0.25) is 14.9 Å². The minimum Gasteiger partial charge on any atom is -0.321 e. The van der Waals surface area contributed by atoms with Gasteiger partial charge >= 0.3 is 0 Å². The highest BCUT2D eigenvalue weighted by Crippen LogP contribution is 2.20. The number of amides is 1. The smallest absolute Gasteiger partial charge is 0.276 e. The van der Waals surface area contributed by atoms with Gasteiger partial charge in [0.25, 0.3) is 11.6 Å². The van der Waals surface area contributed by atoms with Gasteiger partial charge in [-0.25, -0.2) is 0 Å². The van der Waals surface area contributed by atoms with Gasteiger partial charge in [0, 0.05) is 11.8 Å². The van der Waals surface area contributed by atoms with Gasteiger partial charge in [0.15, 0.2) is 0 Å². The molecule has 6 nitrogen and oxygen atoms in total. The average Bonchev–Trinajstić information content (AvgIpc) is 2.62. The molecule has 1 N–H and O–H groups in total. The number of para-hydroxylation sites is 1. The molecule has 26 heavy (non-hydrogen) atoms. The van der Waals surface area contributed by atoms with Gasteiger partial charge in [0.2, 0.25) is 0 Å². The molecule has 0 saturated carbocycles. The third-order valence-corrected chi connectivity index (χ3v) is 3.89. The number of carbonyl (C=O) groups is 1. The van der Waals surface area contributed by atoms with Crippen LogP contribution in [0.3, 0.4) is 0 Å². The Balaban J connectivity index is 2.20. The summed E-state index contributed by atoms with van der Waals surface area (Å²) in [6.07, 6.45) is 4.27. The summed E-state index contributed by atoms with van der Waals surface area (Å²) in [5.41, 5.74) is 2.84. The molecule has 0 radical (unpaired) electrons. The normalized spacial score (nSPS) is 11.2. The Labute approximate surface area is 151 Å². The third kappa shape index (κ3) is 4.42. The molecule has 130 valence electrons. The van der Waals surface area contributed by atoms with Crippen molar-refractivity contribution < 1.29 is 9.72 Å². The zero-order chi connectivity index (χ0) is 19.1. The molecular formula is C20H17N3O3. The third-order valence-electron chi connectivity index (χ3n) is 3.89. The van der Waals surface area contributed by atoms with Gasteiger partial charge in [-0.05, 0) is 49.3 Å². The first-order chi connectivity index (χ1) is 12.4. The van der Waals surface area contributed by atoms with Crippen LogP contribution in [0.15, 0.2) is 60.2 Å². The van der Waals surface area contributed by atoms with E-state index in [0.717, 1.165) is 11.1 Å². The van der Waals surface area contributed by atoms with Crippen LogP contribution in [0.25, 0.3) is 6.08 Å². The number of allylic oxidation sites excluding steroid dienone is 2. The largest absolute Gasteiger partial charge is 0.321 e. The van der Waals surface area contributed by atoms with Crippen LogP contribution in [-0.2, 0) is 4.79 Å². The number of hydrogen-bond donors (Lipinski definition) is 1. The van der Waals surface area contributed by atoms with Crippen LogP contribution in [0.1, 0.15) is 16.7 Å². The number of hydrogen-bond acceptors (Lipinski definition) is 4. The Morgan fingerprint density at radius 2 is 1.92 bits per heavy atom. The van der Waals surface area contributed by atoms with Crippen molar-refractivity contribution in [2.45, 2.75) is 13.8 Å². The van der Waals surface area contributed by atoms with Crippen LogP contribution < -0.4 is 5.32 Å². The number of nitrogens with zero attached hydrogens (tertiary/aromatic N) is 2. The summed E-state index contributed by atoms with van der Waals surface area (Å²) < 4.78 is 0. The second-order valence-corrected chi connectivity index (χ2v) is 5.57. The number of nitrogens with one attached hydrogen (secondary N) is 1. The van der Waals surface area contributed by atoms with Crippen molar-refractivity contribution in [3.05, 3.63) is 87.0 Å². The number of rotatable bonds is 5. The second kappa shape index (κ2) is 8.40. The molecule has 0 aromatic heterocycles. The number of nitro benzene ring substituents is 1. The van der Waals surface area contributed by atoms with E-state index in [4.69, 9.17) is 0 Å². The van der Waals surface area contributed by atoms with Crippen LogP contribution >= 0.6 is 0 Å². The fourth-order valence-corrected chi connectivity index (χ4v) is 2.28. The maximum absolute atomic E-state index is 12.3. The van der Waals surface area contributed by atoms with Crippen molar-refractivity contribution in [3.63, 3.8) is 0 Å². The molecule has 0 spiro atoms. The molecule has 2 aromatic rings. The minimum atomic E-state index is -0.534. The summed E-state index contributed by atoms with van der Waals surface area (Å²) in [5.74, 6) is -0.534. The molecule has 0 bridgehead atoms. The van der Waals surface area contributed by atoms with Gasteiger partial charge in [0.1, 0.15) is 11.6 Å². The number of aryl methyl sites for hydroxylation is 1. The lowest BCUT2D eigenvalue weighted by molar-refractivity contribution is -0.385. The van der Waals surface area contributed by atoms with Crippen molar-refractivity contribution in [2.75, 3.05) is 5.32 Å². The fraction of sp³-hybridized carbons (Fsp3) is 0.100. The molecule has 0 aliphatic heterocycles. The van der Waals surface area contributed by atoms with Gasteiger partial charge in [-0.1, -0.05) is 30.3 Å². The number of benzene rings is 2. The predicted molar refractivity (Wildman–Crippen MR) is 100 cm³/mol. The van der Waals surface area contributed by atoms with E-state index < -0.39 is 10.8 Å². The lowest BCUT2D eigenvalue weighted by Gasteiger charge is -2.09. The van der Waals surface area contributed by atoms with E-state index >= 15 is 0 Å². The summed E-state index contributed by atoms with van der Waals surface area (Å²) in [6, 6.07) is 13.6. The molecule has 1 amide bonds. The van der Waals surface area contributed by atoms with Crippen molar-refractivity contribution >= 4 is 23.4 Å². The van der Waals surface area contributed by atoms with E-state index in [1.165, 1.54) is 24.3 Å². The van der Waals surface area contributed by atoms with Crippen LogP contribution in [0.2, 0.25) is 0 Å². The first kappa shape index (κ1) is 18.6. The second-order valence-electron chi connectivity index (χ2n) is 5.57. The van der Waals surface area contributed by atoms with Gasteiger partial charge < -0.3 is 5.32 Å². The van der Waals surface area contributed by atoms with E-state index in [1.807, 2.05) is 32.0 Å². The van der Waals surface area contributed by atoms with Crippen molar-refractivity contribution in [2.24, 2.45) is 0 Å². The molecule has 0 fully saturated rings. The topological polar surface area (TPSA) is 96.0 Å². The minimum absolute atomic E-state index is 0.0458. The zero-order valence-electron chi connectivity index (χ0n) is 14.4. The maximum atomic E-state index is 12.3. The van der Waals surface area contributed by atoms with E-state index in [-0.39, 0.29) is 11.3 Å². The fourth-order valence-electron chi connectivity index (χ4n) is 2.28. The summed E-state index contributed by atoms with van der Waals surface area (Å²) in [6.45, 7) is 3.82. The lowest BCUT2D eigenvalue weighted by Crippen LogP contribution is -2.14. The van der Waals surface area contributed by atoms with Crippen molar-refractivity contribution in [3.8, 4) is 6.07 Å². The summed E-state index contributed by atoms with van der Waals surface area (Å²) in [4.78, 5) is 22.8. The molecule has 0 unspecified atom stereocenters. The van der Waals surface area contributed by atoms with Crippen molar-refractivity contribution in [1.82, 2.24) is 0 Å². The Morgan fingerprint density at radius 3 is 2.62 bits per heavy atom. The number of carbonyl (C=O) groups excluding carboxylic acids is 1. The Hall–Kier alpha value is -3.72. The van der Waals surface area contributed by atoms with E-state index in [2.05, 4.69) is 5.32 Å². The monoisotopic (exact) mass is 347 g/mol. The molecule has 2 rings (SSSR count). The van der Waals surface area contributed by atoms with Gasteiger partial charge in [-0.15, -0.1) is 0 Å². The highest BCUT2D eigenvalue weighted by Gasteiger charge is 2.11. The van der Waals surface area contributed by atoms with Crippen LogP contribution in [0.5, 0.6) is 0 Å². The van der Waals surface area contributed by atoms with E-state index in [0.29, 0.717) is 11.3 Å². The Morgan fingerprint density at radius 1 is 1.19 bits per heavy atom. The molecule has 0 atom stereocenters. The van der Waals surface area contributed by atoms with E-state index in [1.54, 1.807) is 24.3 Å². The van der Waals surface area contributed by atoms with Gasteiger partial charge in [-0.2, -0.15) is 5.26 Å². The number of nitriles is 1. The standard InChI is InChI=1S/C20H17N3O3/c1-14-7-5-11-18(15(14)2)22-20(24)17(13-21)10-6-9-16-8-3-4-12-19(16)23(25)26/h3-12H,1-2H3,(H,22,24)/b9-6+,17-10+.